The van der Waals surface area contributed by atoms with Gasteiger partial charge in [-0.3, -0.25) is 0 Å². The Hall–Kier alpha value is -2.09. The van der Waals surface area contributed by atoms with Crippen LogP contribution in [0.25, 0.3) is 24.3 Å². The first-order valence-corrected chi connectivity index (χ1v) is 11.2. The van der Waals surface area contributed by atoms with Crippen LogP contribution < -0.4 is 0 Å². The smallest absolute Gasteiger partial charge is 0.127 e. The van der Waals surface area contributed by atoms with Gasteiger partial charge in [-0.05, 0) is 39.9 Å². The standard InChI is InChI=1S/2C10H10.C3H9ClSi/c2*1-3-9-6-5-7-10(4-2)8-9;1-3(2)5-4/h2*3-8H,1-2H2;3H,5H2,1-2H3. The molecular weight excluding hydrogens is 340 g/mol. The second-order valence-corrected chi connectivity index (χ2v) is 8.57. The highest BCUT2D eigenvalue weighted by Gasteiger charge is 1.86. The minimum Gasteiger partial charge on any atom is -0.176 e. The Labute approximate surface area is 160 Å². The Balaban J connectivity index is 0.000000368. The van der Waals surface area contributed by atoms with Crippen LogP contribution in [0.5, 0.6) is 0 Å². The Kier molecular flexibility index (Phi) is 13.1. The summed E-state index contributed by atoms with van der Waals surface area (Å²) < 4.78 is 0. The lowest BCUT2D eigenvalue weighted by molar-refractivity contribution is 1.07. The molecule has 2 heteroatoms. The quantitative estimate of drug-likeness (QED) is 0.390. The fourth-order valence-corrected chi connectivity index (χ4v) is 1.63. The third-order valence-corrected chi connectivity index (χ3v) is 5.54. The predicted molar refractivity (Wildman–Crippen MR) is 123 cm³/mol. The van der Waals surface area contributed by atoms with Crippen LogP contribution in [0.3, 0.4) is 0 Å². The lowest BCUT2D eigenvalue weighted by Crippen LogP contribution is -1.80. The van der Waals surface area contributed by atoms with Crippen LogP contribution >= 0.6 is 11.1 Å². The molecule has 25 heavy (non-hydrogen) atoms. The Morgan fingerprint density at radius 1 is 0.720 bits per heavy atom. The van der Waals surface area contributed by atoms with Crippen LogP contribution in [0, 0.1) is 0 Å². The molecule has 0 heterocycles. The summed E-state index contributed by atoms with van der Waals surface area (Å²) in [6, 6.07) is 16.1. The second-order valence-electron chi connectivity index (χ2n) is 5.70. The van der Waals surface area contributed by atoms with Crippen LogP contribution in [0.1, 0.15) is 36.1 Å². The van der Waals surface area contributed by atoms with E-state index in [9.17, 15) is 0 Å². The maximum Gasteiger partial charge on any atom is 0.127 e. The minimum absolute atomic E-state index is 0.179. The van der Waals surface area contributed by atoms with Crippen molar-refractivity contribution in [3.05, 3.63) is 97.1 Å². The first kappa shape index (κ1) is 22.9. The van der Waals surface area contributed by atoms with Crippen molar-refractivity contribution in [2.45, 2.75) is 19.4 Å². The van der Waals surface area contributed by atoms with Crippen LogP contribution in [-0.2, 0) is 0 Å². The zero-order chi connectivity index (χ0) is 19.1. The molecule has 0 saturated heterocycles. The van der Waals surface area contributed by atoms with Gasteiger partial charge in [0.15, 0.2) is 0 Å². The Morgan fingerprint density at radius 2 is 0.960 bits per heavy atom. The number of hydrogen-bond donors (Lipinski definition) is 0. The van der Waals surface area contributed by atoms with Crippen molar-refractivity contribution in [3.8, 4) is 0 Å². The van der Waals surface area contributed by atoms with E-state index in [1.807, 2.05) is 72.8 Å². The molecular formula is C23H29ClSi. The van der Waals surface area contributed by atoms with Crippen LogP contribution in [0.2, 0.25) is 5.54 Å². The van der Waals surface area contributed by atoms with Crippen molar-refractivity contribution in [1.82, 2.24) is 0 Å². The normalized spacial score (nSPS) is 9.44. The van der Waals surface area contributed by atoms with Gasteiger partial charge >= 0.3 is 0 Å². The first-order valence-electron chi connectivity index (χ1n) is 8.26. The second kappa shape index (κ2) is 14.3. The molecule has 0 saturated carbocycles. The van der Waals surface area contributed by atoms with Gasteiger partial charge in [0.1, 0.15) is 8.83 Å². The number of hydrogen-bond acceptors (Lipinski definition) is 0. The average Bonchev–Trinajstić information content (AvgIpc) is 2.68. The van der Waals surface area contributed by atoms with Gasteiger partial charge < -0.3 is 0 Å². The lowest BCUT2D eigenvalue weighted by atomic mass is 10.1. The number of rotatable bonds is 5. The monoisotopic (exact) mass is 368 g/mol. The molecule has 0 aliphatic carbocycles. The molecule has 2 aromatic carbocycles. The summed E-state index contributed by atoms with van der Waals surface area (Å²) in [5.74, 6) is 0. The topological polar surface area (TPSA) is 0 Å². The average molecular weight is 369 g/mol. The summed E-state index contributed by atoms with van der Waals surface area (Å²) >= 11 is 5.48. The molecule has 0 spiro atoms. The van der Waals surface area contributed by atoms with E-state index in [0.29, 0.717) is 0 Å². The minimum atomic E-state index is -0.179. The molecule has 0 aliphatic heterocycles. The molecule has 2 rings (SSSR count). The number of benzene rings is 2. The van der Waals surface area contributed by atoms with Gasteiger partial charge in [0.05, 0.1) is 0 Å². The predicted octanol–water partition coefficient (Wildman–Crippen LogP) is 7.08. The van der Waals surface area contributed by atoms with Crippen molar-refractivity contribution in [2.75, 3.05) is 0 Å². The fraction of sp³-hybridized carbons (Fsp3) is 0.130. The summed E-state index contributed by atoms with van der Waals surface area (Å²) in [5, 5.41) is 0. The van der Waals surface area contributed by atoms with E-state index in [0.717, 1.165) is 27.8 Å². The van der Waals surface area contributed by atoms with Gasteiger partial charge in [0.25, 0.3) is 0 Å². The van der Waals surface area contributed by atoms with Crippen molar-refractivity contribution in [3.63, 3.8) is 0 Å². The number of halogens is 1. The van der Waals surface area contributed by atoms with Gasteiger partial charge in [-0.15, -0.1) is 0 Å². The molecule has 0 amide bonds. The molecule has 0 bridgehead atoms. The maximum absolute atomic E-state index is 5.48. The van der Waals surface area contributed by atoms with E-state index < -0.39 is 0 Å². The zero-order valence-corrected chi connectivity index (χ0v) is 17.6. The van der Waals surface area contributed by atoms with Crippen LogP contribution in [0.4, 0.5) is 0 Å². The molecule has 0 N–H and O–H groups in total. The zero-order valence-electron chi connectivity index (χ0n) is 15.4. The maximum atomic E-state index is 5.48. The summed E-state index contributed by atoms with van der Waals surface area (Å²) in [5.41, 5.74) is 5.33. The highest BCUT2D eigenvalue weighted by atomic mass is 35.6. The van der Waals surface area contributed by atoms with Gasteiger partial charge in [0, 0.05) is 0 Å². The van der Waals surface area contributed by atoms with E-state index in [2.05, 4.69) is 40.2 Å². The van der Waals surface area contributed by atoms with Crippen LogP contribution in [0.15, 0.2) is 74.8 Å². The van der Waals surface area contributed by atoms with Crippen molar-refractivity contribution in [2.24, 2.45) is 0 Å². The molecule has 0 fully saturated rings. The van der Waals surface area contributed by atoms with E-state index in [-0.39, 0.29) is 8.83 Å². The SMILES string of the molecule is C=Cc1cccc(C=C)c1.C=Cc1cccc(C=C)c1.CC(C)[SiH2]Cl. The first-order chi connectivity index (χ1) is 12.0. The molecule has 132 valence electrons. The molecule has 0 aromatic heterocycles. The highest BCUT2D eigenvalue weighted by molar-refractivity contribution is 6.94. The Bertz CT molecular complexity index is 569. The summed E-state index contributed by atoms with van der Waals surface area (Å²) in [6.07, 6.45) is 7.31. The van der Waals surface area contributed by atoms with Gasteiger partial charge in [-0.25, -0.2) is 0 Å². The molecule has 0 nitrogen and oxygen atoms in total. The van der Waals surface area contributed by atoms with Crippen molar-refractivity contribution < 1.29 is 0 Å². The third kappa shape index (κ3) is 11.1. The van der Waals surface area contributed by atoms with E-state index >= 15 is 0 Å². The van der Waals surface area contributed by atoms with Gasteiger partial charge in [-0.1, -0.05) is 101 Å². The fourth-order valence-electron chi connectivity index (χ4n) is 1.63. The molecule has 0 aliphatic rings. The molecule has 0 radical (unpaired) electrons. The molecule has 0 atom stereocenters. The summed E-state index contributed by atoms with van der Waals surface area (Å²) in [7, 11) is -0.179. The largest absolute Gasteiger partial charge is 0.176 e. The highest BCUT2D eigenvalue weighted by Crippen LogP contribution is 2.07. The lowest BCUT2D eigenvalue weighted by Gasteiger charge is -1.93. The van der Waals surface area contributed by atoms with Gasteiger partial charge in [-0.2, -0.15) is 11.1 Å². The van der Waals surface area contributed by atoms with Crippen molar-refractivity contribution in [1.29, 1.82) is 0 Å². The van der Waals surface area contributed by atoms with Gasteiger partial charge in [0.2, 0.25) is 0 Å². The summed E-state index contributed by atoms with van der Waals surface area (Å²) in [6.45, 7) is 19.0. The van der Waals surface area contributed by atoms with E-state index in [1.165, 1.54) is 0 Å². The van der Waals surface area contributed by atoms with E-state index in [1.54, 1.807) is 0 Å². The Morgan fingerprint density at radius 3 is 1.12 bits per heavy atom. The molecule has 2 aromatic rings. The van der Waals surface area contributed by atoms with Crippen molar-refractivity contribution >= 4 is 44.2 Å². The van der Waals surface area contributed by atoms with Crippen LogP contribution in [-0.4, -0.2) is 8.83 Å². The van der Waals surface area contributed by atoms with E-state index in [4.69, 9.17) is 11.1 Å². The molecule has 0 unspecified atom stereocenters. The summed E-state index contributed by atoms with van der Waals surface area (Å²) in [4.78, 5) is 0. The third-order valence-electron chi connectivity index (χ3n) is 3.07.